The van der Waals surface area contributed by atoms with Crippen LogP contribution < -0.4 is 10.6 Å². The molecule has 6 nitrogen and oxygen atoms in total. The van der Waals surface area contributed by atoms with Crippen LogP contribution in [-0.4, -0.2) is 22.4 Å². The van der Waals surface area contributed by atoms with Gasteiger partial charge in [0.05, 0.1) is 0 Å². The number of carboxylic acid groups (broad SMARTS) is 2. The number of rotatable bonds is 2. The van der Waals surface area contributed by atoms with E-state index in [9.17, 15) is 9.59 Å². The number of carbonyl (C=O) groups is 2. The molecular weight excluding hydrogens is 344 g/mol. The second kappa shape index (κ2) is 12.5. The van der Waals surface area contributed by atoms with E-state index in [2.05, 4.69) is 29.7 Å². The highest BCUT2D eigenvalue weighted by molar-refractivity contribution is 5.83. The van der Waals surface area contributed by atoms with Crippen molar-refractivity contribution in [2.45, 2.75) is 6.92 Å². The zero-order valence-corrected chi connectivity index (χ0v) is 14.9. The van der Waals surface area contributed by atoms with Crippen LogP contribution in [0.15, 0.2) is 91.0 Å². The minimum atomic E-state index is -1.04. The van der Waals surface area contributed by atoms with Crippen molar-refractivity contribution < 1.29 is 19.8 Å². The van der Waals surface area contributed by atoms with Gasteiger partial charge in [0.1, 0.15) is 0 Å². The summed E-state index contributed by atoms with van der Waals surface area (Å²) in [6.07, 6.45) is -2.07. The van der Waals surface area contributed by atoms with Crippen molar-refractivity contribution >= 4 is 23.6 Å². The number of nitrogens with one attached hydrogen (secondary N) is 2. The average Bonchev–Trinajstić information content (AvgIpc) is 2.64. The smallest absolute Gasteiger partial charge is 0.409 e. The lowest BCUT2D eigenvalue weighted by Gasteiger charge is -1.96. The van der Waals surface area contributed by atoms with Gasteiger partial charge in [-0.2, -0.15) is 0 Å². The molecule has 0 saturated heterocycles. The molecule has 4 N–H and O–H groups in total. The van der Waals surface area contributed by atoms with Crippen LogP contribution in [0.5, 0.6) is 0 Å². The van der Waals surface area contributed by atoms with Crippen LogP contribution in [0.2, 0.25) is 0 Å². The minimum absolute atomic E-state index is 0.593. The van der Waals surface area contributed by atoms with E-state index in [0.717, 1.165) is 0 Å². The Morgan fingerprint density at radius 1 is 0.593 bits per heavy atom. The van der Waals surface area contributed by atoms with E-state index in [1.54, 1.807) is 48.5 Å². The molecule has 0 aliphatic rings. The quantitative estimate of drug-likeness (QED) is 0.478. The van der Waals surface area contributed by atoms with Gasteiger partial charge in [-0.05, 0) is 31.2 Å². The highest BCUT2D eigenvalue weighted by atomic mass is 16.4. The van der Waals surface area contributed by atoms with Gasteiger partial charge in [0.2, 0.25) is 0 Å². The summed E-state index contributed by atoms with van der Waals surface area (Å²) in [4.78, 5) is 20.1. The van der Waals surface area contributed by atoms with Crippen molar-refractivity contribution in [3.8, 4) is 0 Å². The Kier molecular flexibility index (Phi) is 9.87. The number of aryl methyl sites for hydroxylation is 1. The molecule has 3 aromatic rings. The van der Waals surface area contributed by atoms with Crippen LogP contribution in [0.4, 0.5) is 21.0 Å². The summed E-state index contributed by atoms with van der Waals surface area (Å²) in [5.74, 6) is 0. The summed E-state index contributed by atoms with van der Waals surface area (Å²) in [5, 5.41) is 21.0. The van der Waals surface area contributed by atoms with Crippen molar-refractivity contribution in [2.24, 2.45) is 0 Å². The lowest BCUT2D eigenvalue weighted by molar-refractivity contribution is 0.208. The van der Waals surface area contributed by atoms with E-state index < -0.39 is 12.2 Å². The molecule has 0 aromatic heterocycles. The summed E-state index contributed by atoms with van der Waals surface area (Å²) in [6.45, 7) is 2.08. The normalized spacial score (nSPS) is 8.78. The molecule has 0 radical (unpaired) electrons. The van der Waals surface area contributed by atoms with Gasteiger partial charge in [0, 0.05) is 11.4 Å². The molecule has 3 rings (SSSR count). The molecule has 0 fully saturated rings. The Labute approximate surface area is 158 Å². The molecule has 0 unspecified atom stereocenters. The Bertz CT molecular complexity index is 743. The summed E-state index contributed by atoms with van der Waals surface area (Å²) in [5.41, 5.74) is 2.51. The molecule has 0 atom stereocenters. The van der Waals surface area contributed by atoms with Crippen molar-refractivity contribution in [3.63, 3.8) is 0 Å². The Morgan fingerprint density at radius 3 is 1.11 bits per heavy atom. The summed E-state index contributed by atoms with van der Waals surface area (Å²) >= 11 is 0. The molecule has 0 spiro atoms. The van der Waals surface area contributed by atoms with E-state index in [1.165, 1.54) is 5.56 Å². The molecule has 2 amide bonds. The van der Waals surface area contributed by atoms with Crippen LogP contribution in [0.25, 0.3) is 0 Å². The predicted molar refractivity (Wildman–Crippen MR) is 107 cm³/mol. The Hall–Kier alpha value is -3.80. The summed E-state index contributed by atoms with van der Waals surface area (Å²) in [7, 11) is 0. The largest absolute Gasteiger partial charge is 0.465 e. The third kappa shape index (κ3) is 11.4. The zero-order chi connectivity index (χ0) is 19.9. The minimum Gasteiger partial charge on any atom is -0.465 e. The van der Waals surface area contributed by atoms with Crippen LogP contribution in [0.3, 0.4) is 0 Å². The van der Waals surface area contributed by atoms with Gasteiger partial charge in [0.15, 0.2) is 0 Å². The summed E-state index contributed by atoms with van der Waals surface area (Å²) < 4.78 is 0. The van der Waals surface area contributed by atoms with Gasteiger partial charge in [-0.15, -0.1) is 0 Å². The monoisotopic (exact) mass is 366 g/mol. The van der Waals surface area contributed by atoms with E-state index in [1.807, 2.05) is 30.3 Å². The molecule has 0 aliphatic carbocycles. The predicted octanol–water partition coefficient (Wildman–Crippen LogP) is 5.55. The first-order valence-electron chi connectivity index (χ1n) is 8.09. The van der Waals surface area contributed by atoms with Crippen LogP contribution in [0, 0.1) is 6.92 Å². The third-order valence-electron chi connectivity index (χ3n) is 2.99. The molecule has 6 heteroatoms. The molecular formula is C21H22N2O4. The first-order chi connectivity index (χ1) is 13.0. The fourth-order valence-corrected chi connectivity index (χ4v) is 1.82. The molecule has 140 valence electrons. The van der Waals surface area contributed by atoms with Crippen LogP contribution in [0.1, 0.15) is 5.56 Å². The van der Waals surface area contributed by atoms with Gasteiger partial charge in [-0.1, -0.05) is 72.3 Å². The average molecular weight is 366 g/mol. The highest BCUT2D eigenvalue weighted by Crippen LogP contribution is 2.04. The van der Waals surface area contributed by atoms with Gasteiger partial charge in [-0.25, -0.2) is 9.59 Å². The Balaban J connectivity index is 0.000000206. The van der Waals surface area contributed by atoms with Crippen molar-refractivity contribution in [1.82, 2.24) is 0 Å². The summed E-state index contributed by atoms with van der Waals surface area (Å²) in [6, 6.07) is 27.7. The van der Waals surface area contributed by atoms with Gasteiger partial charge in [0.25, 0.3) is 0 Å². The number of anilines is 2. The van der Waals surface area contributed by atoms with E-state index in [-0.39, 0.29) is 0 Å². The number of hydrogen-bond acceptors (Lipinski definition) is 2. The molecule has 0 saturated carbocycles. The van der Waals surface area contributed by atoms with Crippen molar-refractivity contribution in [3.05, 3.63) is 96.6 Å². The lowest BCUT2D eigenvalue weighted by atomic mass is 10.2. The topological polar surface area (TPSA) is 98.7 Å². The number of amides is 2. The maximum absolute atomic E-state index is 10.1. The lowest BCUT2D eigenvalue weighted by Crippen LogP contribution is -2.06. The third-order valence-corrected chi connectivity index (χ3v) is 2.99. The first-order valence-corrected chi connectivity index (χ1v) is 8.09. The van der Waals surface area contributed by atoms with E-state index in [4.69, 9.17) is 10.2 Å². The fourth-order valence-electron chi connectivity index (χ4n) is 1.82. The number of benzene rings is 3. The number of para-hydroxylation sites is 2. The zero-order valence-electron chi connectivity index (χ0n) is 14.9. The molecule has 27 heavy (non-hydrogen) atoms. The highest BCUT2D eigenvalue weighted by Gasteiger charge is 1.93. The van der Waals surface area contributed by atoms with Crippen LogP contribution in [-0.2, 0) is 0 Å². The van der Waals surface area contributed by atoms with Crippen molar-refractivity contribution in [2.75, 3.05) is 10.6 Å². The molecule has 0 aliphatic heterocycles. The van der Waals surface area contributed by atoms with Gasteiger partial charge >= 0.3 is 12.2 Å². The standard InChI is InChI=1S/2C7H7NO2.C7H8/c2*9-7(10)8-6-4-2-1-3-5-6;1-7-5-3-2-4-6-7/h2*1-5,8H,(H,9,10);2-6H,1H3. The molecule has 0 bridgehead atoms. The SMILES string of the molecule is Cc1ccccc1.O=C(O)Nc1ccccc1.O=C(O)Nc1ccccc1. The second-order valence-electron chi connectivity index (χ2n) is 5.25. The van der Waals surface area contributed by atoms with Gasteiger partial charge in [-0.3, -0.25) is 10.6 Å². The van der Waals surface area contributed by atoms with Gasteiger partial charge < -0.3 is 10.2 Å². The van der Waals surface area contributed by atoms with E-state index in [0.29, 0.717) is 11.4 Å². The first kappa shape index (κ1) is 21.2. The maximum atomic E-state index is 10.1. The van der Waals surface area contributed by atoms with Crippen molar-refractivity contribution in [1.29, 1.82) is 0 Å². The maximum Gasteiger partial charge on any atom is 0.409 e. The molecule has 0 heterocycles. The van der Waals surface area contributed by atoms with Crippen LogP contribution >= 0.6 is 0 Å². The second-order valence-corrected chi connectivity index (χ2v) is 5.25. The Morgan fingerprint density at radius 2 is 0.889 bits per heavy atom. The fraction of sp³-hybridized carbons (Fsp3) is 0.0476. The molecule has 3 aromatic carbocycles. The number of hydrogen-bond donors (Lipinski definition) is 4. The van der Waals surface area contributed by atoms with E-state index >= 15 is 0 Å².